The molecule has 0 aliphatic heterocycles. The van der Waals surface area contributed by atoms with Crippen LogP contribution in [0.15, 0.2) is 0 Å². The van der Waals surface area contributed by atoms with Gasteiger partial charge in [-0.2, -0.15) is 0 Å². The van der Waals surface area contributed by atoms with E-state index in [-0.39, 0.29) is 12.4 Å². The number of esters is 1. The molecular formula is C11H20F2O2. The Hall–Kier alpha value is -0.670. The molecule has 0 N–H and O–H groups in total. The lowest BCUT2D eigenvalue weighted by molar-refractivity contribution is -0.140. The topological polar surface area (TPSA) is 26.3 Å². The van der Waals surface area contributed by atoms with Gasteiger partial charge in [-0.05, 0) is 12.8 Å². The van der Waals surface area contributed by atoms with Crippen LogP contribution in [-0.2, 0) is 9.53 Å². The number of carbonyl (C=O) groups is 1. The van der Waals surface area contributed by atoms with Crippen molar-refractivity contribution >= 4 is 5.97 Å². The Labute approximate surface area is 90.0 Å². The molecule has 0 aromatic carbocycles. The number of carbonyl (C=O) groups excluding carboxylic acids is 1. The summed E-state index contributed by atoms with van der Waals surface area (Å²) in [6.07, 6.45) is 3.59. The fourth-order valence-corrected chi connectivity index (χ4v) is 1.38. The van der Waals surface area contributed by atoms with Gasteiger partial charge in [-0.1, -0.05) is 25.7 Å². The Bertz CT molecular complexity index is 161. The standard InChI is InChI=1S/C11H20F2O2/c1-15-11(14)9-7-5-3-2-4-6-8-10(12)13/h10H,2-9H2,1H3. The van der Waals surface area contributed by atoms with Crippen molar-refractivity contribution in [2.24, 2.45) is 0 Å². The number of rotatable bonds is 9. The van der Waals surface area contributed by atoms with E-state index >= 15 is 0 Å². The lowest BCUT2D eigenvalue weighted by Gasteiger charge is -2.01. The Kier molecular flexibility index (Phi) is 9.43. The quantitative estimate of drug-likeness (QED) is 0.440. The van der Waals surface area contributed by atoms with Gasteiger partial charge in [0.2, 0.25) is 6.43 Å². The maximum atomic E-state index is 11.7. The molecule has 2 nitrogen and oxygen atoms in total. The van der Waals surface area contributed by atoms with Crippen molar-refractivity contribution in [1.82, 2.24) is 0 Å². The Morgan fingerprint density at radius 3 is 2.13 bits per heavy atom. The van der Waals surface area contributed by atoms with E-state index in [1.807, 2.05) is 0 Å². The summed E-state index contributed by atoms with van der Waals surface area (Å²) in [5, 5.41) is 0. The molecule has 0 rings (SSSR count). The van der Waals surface area contributed by atoms with Crippen molar-refractivity contribution in [1.29, 1.82) is 0 Å². The minimum absolute atomic E-state index is 0.0160. The number of alkyl halides is 2. The fraction of sp³-hybridized carbons (Fsp3) is 0.909. The third kappa shape index (κ3) is 11.3. The molecular weight excluding hydrogens is 202 g/mol. The number of methoxy groups -OCH3 is 1. The second-order valence-electron chi connectivity index (χ2n) is 3.63. The van der Waals surface area contributed by atoms with Crippen molar-refractivity contribution < 1.29 is 18.3 Å². The highest BCUT2D eigenvalue weighted by Gasteiger charge is 2.01. The van der Waals surface area contributed by atoms with E-state index in [0.29, 0.717) is 12.8 Å². The van der Waals surface area contributed by atoms with E-state index in [2.05, 4.69) is 4.74 Å². The van der Waals surface area contributed by atoms with Crippen molar-refractivity contribution in [3.05, 3.63) is 0 Å². The predicted octanol–water partition coefficient (Wildman–Crippen LogP) is 3.55. The first-order valence-corrected chi connectivity index (χ1v) is 5.51. The average Bonchev–Trinajstić information content (AvgIpc) is 2.21. The summed E-state index contributed by atoms with van der Waals surface area (Å²) < 4.78 is 28.0. The molecule has 4 heteroatoms. The first kappa shape index (κ1) is 14.3. The van der Waals surface area contributed by atoms with Crippen LogP contribution in [0, 0.1) is 0 Å². The van der Waals surface area contributed by atoms with E-state index in [1.165, 1.54) is 7.11 Å². The maximum Gasteiger partial charge on any atom is 0.305 e. The second kappa shape index (κ2) is 9.87. The first-order chi connectivity index (χ1) is 7.16. The number of unbranched alkanes of at least 4 members (excludes halogenated alkanes) is 5. The van der Waals surface area contributed by atoms with E-state index in [1.54, 1.807) is 0 Å². The Balaban J connectivity index is 3.02. The predicted molar refractivity (Wildman–Crippen MR) is 55.0 cm³/mol. The zero-order chi connectivity index (χ0) is 11.5. The highest BCUT2D eigenvalue weighted by Crippen LogP contribution is 2.11. The monoisotopic (exact) mass is 222 g/mol. The van der Waals surface area contributed by atoms with E-state index in [0.717, 1.165) is 32.1 Å². The summed E-state index contributed by atoms with van der Waals surface area (Å²) in [5.74, 6) is -0.173. The third-order valence-electron chi connectivity index (χ3n) is 2.28. The summed E-state index contributed by atoms with van der Waals surface area (Å²) in [6.45, 7) is 0. The minimum Gasteiger partial charge on any atom is -0.469 e. The SMILES string of the molecule is COC(=O)CCCCCCCCC(F)F. The number of ether oxygens (including phenoxy) is 1. The molecule has 0 heterocycles. The summed E-state index contributed by atoms with van der Waals surface area (Å²) in [7, 11) is 1.38. The summed E-state index contributed by atoms with van der Waals surface area (Å²) in [5.41, 5.74) is 0. The van der Waals surface area contributed by atoms with Gasteiger partial charge in [0.25, 0.3) is 0 Å². The molecule has 0 spiro atoms. The molecule has 15 heavy (non-hydrogen) atoms. The molecule has 0 fully saturated rings. The fourth-order valence-electron chi connectivity index (χ4n) is 1.38. The lowest BCUT2D eigenvalue weighted by Crippen LogP contribution is -1.99. The van der Waals surface area contributed by atoms with Crippen LogP contribution in [0.25, 0.3) is 0 Å². The third-order valence-corrected chi connectivity index (χ3v) is 2.28. The number of hydrogen-bond acceptors (Lipinski definition) is 2. The van der Waals surface area contributed by atoms with Gasteiger partial charge < -0.3 is 4.74 Å². The van der Waals surface area contributed by atoms with Crippen LogP contribution in [0.2, 0.25) is 0 Å². The summed E-state index contributed by atoms with van der Waals surface area (Å²) in [6, 6.07) is 0. The molecule has 0 saturated carbocycles. The van der Waals surface area contributed by atoms with Gasteiger partial charge in [0.15, 0.2) is 0 Å². The van der Waals surface area contributed by atoms with Gasteiger partial charge in [0, 0.05) is 12.8 Å². The lowest BCUT2D eigenvalue weighted by atomic mass is 10.1. The molecule has 0 atom stereocenters. The number of hydrogen-bond donors (Lipinski definition) is 0. The van der Waals surface area contributed by atoms with Gasteiger partial charge in [-0.3, -0.25) is 4.79 Å². The molecule has 0 aliphatic carbocycles. The van der Waals surface area contributed by atoms with Gasteiger partial charge in [0.1, 0.15) is 0 Å². The Morgan fingerprint density at radius 2 is 1.60 bits per heavy atom. The Morgan fingerprint density at radius 1 is 1.07 bits per heavy atom. The van der Waals surface area contributed by atoms with E-state index in [9.17, 15) is 13.6 Å². The molecule has 0 aromatic heterocycles. The van der Waals surface area contributed by atoms with Gasteiger partial charge in [0.05, 0.1) is 7.11 Å². The van der Waals surface area contributed by atoms with Crippen molar-refractivity contribution in [2.45, 2.75) is 57.8 Å². The van der Waals surface area contributed by atoms with Gasteiger partial charge >= 0.3 is 5.97 Å². The molecule has 0 aromatic rings. The van der Waals surface area contributed by atoms with Crippen molar-refractivity contribution in [3.8, 4) is 0 Å². The average molecular weight is 222 g/mol. The van der Waals surface area contributed by atoms with Crippen LogP contribution in [0.4, 0.5) is 8.78 Å². The summed E-state index contributed by atoms with van der Waals surface area (Å²) >= 11 is 0. The zero-order valence-electron chi connectivity index (χ0n) is 9.31. The highest BCUT2D eigenvalue weighted by molar-refractivity contribution is 5.68. The van der Waals surface area contributed by atoms with Gasteiger partial charge in [-0.15, -0.1) is 0 Å². The van der Waals surface area contributed by atoms with Crippen molar-refractivity contribution in [3.63, 3.8) is 0 Å². The number of halogens is 2. The summed E-state index contributed by atoms with van der Waals surface area (Å²) in [4.78, 5) is 10.7. The minimum atomic E-state index is -2.16. The molecule has 0 unspecified atom stereocenters. The first-order valence-electron chi connectivity index (χ1n) is 5.51. The van der Waals surface area contributed by atoms with Gasteiger partial charge in [-0.25, -0.2) is 8.78 Å². The van der Waals surface area contributed by atoms with E-state index in [4.69, 9.17) is 0 Å². The normalized spacial score (nSPS) is 10.7. The maximum absolute atomic E-state index is 11.7. The molecule has 90 valence electrons. The van der Waals surface area contributed by atoms with Crippen LogP contribution in [-0.4, -0.2) is 19.5 Å². The molecule has 0 aliphatic rings. The molecule has 0 saturated heterocycles. The molecule has 0 radical (unpaired) electrons. The van der Waals surface area contributed by atoms with Crippen LogP contribution in [0.3, 0.4) is 0 Å². The second-order valence-corrected chi connectivity index (χ2v) is 3.63. The van der Waals surface area contributed by atoms with Crippen LogP contribution < -0.4 is 0 Å². The van der Waals surface area contributed by atoms with Crippen LogP contribution in [0.5, 0.6) is 0 Å². The van der Waals surface area contributed by atoms with E-state index < -0.39 is 6.43 Å². The largest absolute Gasteiger partial charge is 0.469 e. The van der Waals surface area contributed by atoms with Crippen LogP contribution in [0.1, 0.15) is 51.4 Å². The smallest absolute Gasteiger partial charge is 0.305 e. The van der Waals surface area contributed by atoms with Crippen LogP contribution >= 0.6 is 0 Å². The van der Waals surface area contributed by atoms with Crippen molar-refractivity contribution in [2.75, 3.05) is 7.11 Å². The highest BCUT2D eigenvalue weighted by atomic mass is 19.3. The molecule has 0 bridgehead atoms. The zero-order valence-corrected chi connectivity index (χ0v) is 9.31. The molecule has 0 amide bonds.